The Bertz CT molecular complexity index is 661. The van der Waals surface area contributed by atoms with Gasteiger partial charge in [0.25, 0.3) is 5.91 Å². The van der Waals surface area contributed by atoms with Gasteiger partial charge in [-0.1, -0.05) is 36.7 Å². The number of hydrogen-bond donors (Lipinski definition) is 0. The van der Waals surface area contributed by atoms with E-state index in [0.717, 1.165) is 11.5 Å². The van der Waals surface area contributed by atoms with E-state index < -0.39 is 0 Å². The summed E-state index contributed by atoms with van der Waals surface area (Å²) in [4.78, 5) is 14.1. The number of benzene rings is 2. The van der Waals surface area contributed by atoms with Crippen LogP contribution in [0.4, 0.5) is 0 Å². The monoisotopic (exact) mass is 363 g/mol. The van der Waals surface area contributed by atoms with Crippen LogP contribution < -0.4 is 4.74 Å². The zero-order chi connectivity index (χ0) is 17.4. The largest absolute Gasteiger partial charge is 0.492 e. The first-order valence-corrected chi connectivity index (χ1v) is 9.44. The zero-order valence-corrected chi connectivity index (χ0v) is 15.6. The predicted molar refractivity (Wildman–Crippen MR) is 102 cm³/mol. The predicted octanol–water partition coefficient (Wildman–Crippen LogP) is 4.74. The van der Waals surface area contributed by atoms with Crippen LogP contribution in [0.5, 0.6) is 5.75 Å². The highest BCUT2D eigenvalue weighted by molar-refractivity contribution is 7.98. The van der Waals surface area contributed by atoms with Gasteiger partial charge in [0.15, 0.2) is 0 Å². The molecule has 2 rings (SSSR count). The van der Waals surface area contributed by atoms with Gasteiger partial charge in [0.2, 0.25) is 0 Å². The molecular weight excluding hydrogens is 342 g/mol. The number of nitrogens with zero attached hydrogens (tertiary/aromatic N) is 1. The molecule has 0 aromatic heterocycles. The highest BCUT2D eigenvalue weighted by Gasteiger charge is 2.11. The summed E-state index contributed by atoms with van der Waals surface area (Å²) in [5.41, 5.74) is 1.94. The average Bonchev–Trinajstić information content (AvgIpc) is 2.60. The van der Waals surface area contributed by atoms with E-state index in [2.05, 4.69) is 6.92 Å². The Balaban J connectivity index is 1.83. The van der Waals surface area contributed by atoms with Crippen LogP contribution in [-0.2, 0) is 5.75 Å². The molecular formula is C19H22ClNO2S. The summed E-state index contributed by atoms with van der Waals surface area (Å²) in [5, 5.41) is 0.637. The number of thioether (sulfide) groups is 1. The Morgan fingerprint density at radius 2 is 1.96 bits per heavy atom. The molecule has 0 spiro atoms. The molecule has 0 saturated carbocycles. The number of rotatable bonds is 8. The van der Waals surface area contributed by atoms with E-state index in [0.29, 0.717) is 29.5 Å². The molecule has 0 atom stereocenters. The van der Waals surface area contributed by atoms with E-state index in [1.807, 2.05) is 48.2 Å². The first-order chi connectivity index (χ1) is 11.6. The normalized spacial score (nSPS) is 10.5. The van der Waals surface area contributed by atoms with Crippen LogP contribution in [0.3, 0.4) is 0 Å². The molecule has 0 aliphatic rings. The minimum Gasteiger partial charge on any atom is -0.492 e. The summed E-state index contributed by atoms with van der Waals surface area (Å²) in [6.45, 7) is 3.08. The maximum absolute atomic E-state index is 12.4. The Labute approximate surface area is 153 Å². The first-order valence-electron chi connectivity index (χ1n) is 7.90. The molecule has 2 aromatic rings. The Kier molecular flexibility index (Phi) is 7.47. The number of halogens is 1. The van der Waals surface area contributed by atoms with Crippen LogP contribution in [0, 0.1) is 0 Å². The van der Waals surface area contributed by atoms with Crippen molar-refractivity contribution >= 4 is 29.3 Å². The third-order valence-corrected chi connectivity index (χ3v) is 4.69. The molecule has 3 nitrogen and oxygen atoms in total. The number of likely N-dealkylation sites (N-methyl/N-ethyl adjacent to an activating group) is 1. The van der Waals surface area contributed by atoms with Crippen LogP contribution in [0.1, 0.15) is 22.8 Å². The van der Waals surface area contributed by atoms with Crippen molar-refractivity contribution in [3.05, 3.63) is 64.7 Å². The van der Waals surface area contributed by atoms with E-state index in [1.54, 1.807) is 24.1 Å². The van der Waals surface area contributed by atoms with Crippen molar-refractivity contribution < 1.29 is 9.53 Å². The van der Waals surface area contributed by atoms with E-state index in [1.165, 1.54) is 5.56 Å². The van der Waals surface area contributed by atoms with Crippen LogP contribution in [0.2, 0.25) is 5.02 Å². The highest BCUT2D eigenvalue weighted by Crippen LogP contribution is 2.17. The van der Waals surface area contributed by atoms with Gasteiger partial charge < -0.3 is 9.64 Å². The van der Waals surface area contributed by atoms with Gasteiger partial charge in [-0.2, -0.15) is 11.8 Å². The molecule has 24 heavy (non-hydrogen) atoms. The van der Waals surface area contributed by atoms with Gasteiger partial charge in [0.05, 0.1) is 6.54 Å². The number of carbonyl (C=O) groups excluding carboxylic acids is 1. The Morgan fingerprint density at radius 3 is 2.62 bits per heavy atom. The van der Waals surface area contributed by atoms with Gasteiger partial charge >= 0.3 is 0 Å². The van der Waals surface area contributed by atoms with Crippen LogP contribution in [-0.4, -0.2) is 36.8 Å². The van der Waals surface area contributed by atoms with Gasteiger partial charge in [0.1, 0.15) is 12.4 Å². The molecule has 5 heteroatoms. The van der Waals surface area contributed by atoms with E-state index in [-0.39, 0.29) is 5.91 Å². The van der Waals surface area contributed by atoms with Gasteiger partial charge in [-0.25, -0.2) is 0 Å². The molecule has 0 aliphatic carbocycles. The summed E-state index contributed by atoms with van der Waals surface area (Å²) < 4.78 is 5.63. The molecule has 128 valence electrons. The number of amides is 1. The molecule has 2 aromatic carbocycles. The fraction of sp³-hybridized carbons (Fsp3) is 0.316. The first kappa shape index (κ1) is 18.7. The minimum absolute atomic E-state index is 0.000566. The van der Waals surface area contributed by atoms with Crippen molar-refractivity contribution in [1.82, 2.24) is 4.90 Å². The maximum atomic E-state index is 12.4. The van der Waals surface area contributed by atoms with Crippen molar-refractivity contribution in [2.24, 2.45) is 0 Å². The Hall–Kier alpha value is -1.65. The number of ether oxygens (including phenoxy) is 1. The van der Waals surface area contributed by atoms with Gasteiger partial charge in [-0.15, -0.1) is 0 Å². The average molecular weight is 364 g/mol. The molecule has 1 amide bonds. The summed E-state index contributed by atoms with van der Waals surface area (Å²) in [6.07, 6.45) is 0. The van der Waals surface area contributed by atoms with Crippen LogP contribution in [0.25, 0.3) is 0 Å². The molecule has 0 heterocycles. The van der Waals surface area contributed by atoms with E-state index in [4.69, 9.17) is 16.3 Å². The molecule has 0 N–H and O–H groups in total. The topological polar surface area (TPSA) is 29.5 Å². The van der Waals surface area contributed by atoms with Crippen molar-refractivity contribution in [3.8, 4) is 5.75 Å². The lowest BCUT2D eigenvalue weighted by Gasteiger charge is -2.18. The SMILES string of the molecule is CCSCc1ccc(C(=O)N(C)CCOc2cccc(Cl)c2)cc1. The smallest absolute Gasteiger partial charge is 0.253 e. The van der Waals surface area contributed by atoms with E-state index >= 15 is 0 Å². The van der Waals surface area contributed by atoms with Gasteiger partial charge in [-0.3, -0.25) is 4.79 Å². The second kappa shape index (κ2) is 9.60. The Morgan fingerprint density at radius 1 is 1.21 bits per heavy atom. The third-order valence-electron chi connectivity index (χ3n) is 3.51. The number of carbonyl (C=O) groups is 1. The molecule has 0 fully saturated rings. The standard InChI is InChI=1S/C19H22ClNO2S/c1-3-24-14-15-7-9-16(10-8-15)19(22)21(2)11-12-23-18-6-4-5-17(20)13-18/h4-10,13H,3,11-12,14H2,1-2H3. The van der Waals surface area contributed by atoms with E-state index in [9.17, 15) is 4.79 Å². The fourth-order valence-corrected chi connectivity index (χ4v) is 2.96. The lowest BCUT2D eigenvalue weighted by molar-refractivity contribution is 0.0774. The fourth-order valence-electron chi connectivity index (χ4n) is 2.14. The third kappa shape index (κ3) is 5.77. The maximum Gasteiger partial charge on any atom is 0.253 e. The van der Waals surface area contributed by atoms with Crippen molar-refractivity contribution in [1.29, 1.82) is 0 Å². The summed E-state index contributed by atoms with van der Waals surface area (Å²) in [7, 11) is 1.78. The molecule has 0 unspecified atom stereocenters. The summed E-state index contributed by atoms with van der Waals surface area (Å²) >= 11 is 7.79. The molecule has 0 saturated heterocycles. The van der Waals surface area contributed by atoms with Gasteiger partial charge in [-0.05, 0) is 41.6 Å². The second-order valence-corrected chi connectivity index (χ2v) is 7.08. The van der Waals surface area contributed by atoms with Crippen molar-refractivity contribution in [2.75, 3.05) is 26.0 Å². The lowest BCUT2D eigenvalue weighted by atomic mass is 10.1. The van der Waals surface area contributed by atoms with Crippen LogP contribution >= 0.6 is 23.4 Å². The summed E-state index contributed by atoms with van der Waals surface area (Å²) in [6, 6.07) is 15.1. The quantitative estimate of drug-likeness (QED) is 0.678. The van der Waals surface area contributed by atoms with Gasteiger partial charge in [0, 0.05) is 23.4 Å². The summed E-state index contributed by atoms with van der Waals surface area (Å²) in [5.74, 6) is 2.78. The molecule has 0 bridgehead atoms. The number of hydrogen-bond acceptors (Lipinski definition) is 3. The van der Waals surface area contributed by atoms with Crippen molar-refractivity contribution in [2.45, 2.75) is 12.7 Å². The van der Waals surface area contributed by atoms with Crippen LogP contribution in [0.15, 0.2) is 48.5 Å². The lowest BCUT2D eigenvalue weighted by Crippen LogP contribution is -2.30. The molecule has 0 aliphatic heterocycles. The van der Waals surface area contributed by atoms with Crippen molar-refractivity contribution in [3.63, 3.8) is 0 Å². The highest BCUT2D eigenvalue weighted by atomic mass is 35.5. The zero-order valence-electron chi connectivity index (χ0n) is 14.0. The minimum atomic E-state index is -0.000566. The second-order valence-electron chi connectivity index (χ2n) is 5.37. The molecule has 0 radical (unpaired) electrons.